The van der Waals surface area contributed by atoms with E-state index in [0.717, 1.165) is 11.2 Å². The highest BCUT2D eigenvalue weighted by Gasteiger charge is 2.27. The standard InChI is InChI=1S/C7H14OS/c1-5-3-7(4-8)9-6(5)2/h5-8H,3-4H2,1-2H3/t5-,6-,7-/m0/s1. The Kier molecular flexibility index (Phi) is 2.42. The molecule has 0 spiro atoms. The number of thioether (sulfide) groups is 1. The van der Waals surface area contributed by atoms with Crippen LogP contribution >= 0.6 is 11.8 Å². The molecule has 0 bridgehead atoms. The van der Waals surface area contributed by atoms with E-state index in [0.29, 0.717) is 11.9 Å². The van der Waals surface area contributed by atoms with Crippen molar-refractivity contribution < 1.29 is 5.11 Å². The van der Waals surface area contributed by atoms with E-state index in [1.54, 1.807) is 0 Å². The molecule has 1 heterocycles. The summed E-state index contributed by atoms with van der Waals surface area (Å²) in [5.74, 6) is 0.798. The SMILES string of the molecule is C[C@@H]1S[C@H](CO)C[C@@H]1C. The van der Waals surface area contributed by atoms with Crippen LogP contribution < -0.4 is 0 Å². The molecule has 2 heteroatoms. The van der Waals surface area contributed by atoms with E-state index in [4.69, 9.17) is 5.11 Å². The second kappa shape index (κ2) is 2.93. The smallest absolute Gasteiger partial charge is 0.0550 e. The predicted molar refractivity (Wildman–Crippen MR) is 41.7 cm³/mol. The minimum atomic E-state index is 0.360. The van der Waals surface area contributed by atoms with Crippen molar-refractivity contribution in [2.45, 2.75) is 30.8 Å². The van der Waals surface area contributed by atoms with Crippen LogP contribution in [0.15, 0.2) is 0 Å². The van der Waals surface area contributed by atoms with E-state index in [1.807, 2.05) is 11.8 Å². The summed E-state index contributed by atoms with van der Waals surface area (Å²) in [4.78, 5) is 0. The zero-order valence-electron chi connectivity index (χ0n) is 6.00. The highest BCUT2D eigenvalue weighted by atomic mass is 32.2. The summed E-state index contributed by atoms with van der Waals surface area (Å²) in [7, 11) is 0. The lowest BCUT2D eigenvalue weighted by atomic mass is 10.0. The molecule has 0 saturated carbocycles. The van der Waals surface area contributed by atoms with Crippen molar-refractivity contribution in [3.8, 4) is 0 Å². The molecule has 1 saturated heterocycles. The first-order chi connectivity index (χ1) is 4.24. The van der Waals surface area contributed by atoms with Crippen molar-refractivity contribution in [3.63, 3.8) is 0 Å². The summed E-state index contributed by atoms with van der Waals surface area (Å²) in [6.07, 6.45) is 1.20. The first kappa shape index (κ1) is 7.42. The van der Waals surface area contributed by atoms with Gasteiger partial charge in [-0.3, -0.25) is 0 Å². The number of hydrogen-bond acceptors (Lipinski definition) is 2. The molecule has 0 aromatic heterocycles. The molecule has 0 amide bonds. The highest BCUT2D eigenvalue weighted by molar-refractivity contribution is 8.00. The maximum atomic E-state index is 8.78. The Bertz CT molecular complexity index is 84.9. The largest absolute Gasteiger partial charge is 0.395 e. The minimum Gasteiger partial charge on any atom is -0.395 e. The van der Waals surface area contributed by atoms with Gasteiger partial charge in [0, 0.05) is 10.5 Å². The van der Waals surface area contributed by atoms with Gasteiger partial charge in [-0.2, -0.15) is 11.8 Å². The van der Waals surface area contributed by atoms with Crippen LogP contribution in [-0.4, -0.2) is 22.2 Å². The number of aliphatic hydroxyl groups is 1. The van der Waals surface area contributed by atoms with E-state index < -0.39 is 0 Å². The minimum absolute atomic E-state index is 0.360. The molecule has 0 radical (unpaired) electrons. The molecule has 0 aromatic carbocycles. The van der Waals surface area contributed by atoms with Crippen LogP contribution in [0.4, 0.5) is 0 Å². The molecule has 9 heavy (non-hydrogen) atoms. The second-order valence-corrected chi connectivity index (χ2v) is 4.54. The Labute approximate surface area is 60.8 Å². The summed E-state index contributed by atoms with van der Waals surface area (Å²) in [6, 6.07) is 0. The van der Waals surface area contributed by atoms with Gasteiger partial charge in [-0.15, -0.1) is 0 Å². The fourth-order valence-electron chi connectivity index (χ4n) is 1.22. The van der Waals surface area contributed by atoms with Crippen LogP contribution in [0.2, 0.25) is 0 Å². The molecule has 0 unspecified atom stereocenters. The lowest BCUT2D eigenvalue weighted by Crippen LogP contribution is -2.03. The second-order valence-electron chi connectivity index (χ2n) is 2.86. The molecule has 3 atom stereocenters. The summed E-state index contributed by atoms with van der Waals surface area (Å²) >= 11 is 1.92. The summed E-state index contributed by atoms with van der Waals surface area (Å²) in [5.41, 5.74) is 0. The van der Waals surface area contributed by atoms with Crippen molar-refractivity contribution in [2.24, 2.45) is 5.92 Å². The number of hydrogen-bond donors (Lipinski definition) is 1. The van der Waals surface area contributed by atoms with Crippen molar-refractivity contribution >= 4 is 11.8 Å². The predicted octanol–water partition coefficient (Wildman–Crippen LogP) is 1.51. The van der Waals surface area contributed by atoms with Crippen LogP contribution in [0.5, 0.6) is 0 Å². The zero-order valence-corrected chi connectivity index (χ0v) is 6.82. The van der Waals surface area contributed by atoms with Crippen LogP contribution in [-0.2, 0) is 0 Å². The Morgan fingerprint density at radius 1 is 1.56 bits per heavy atom. The van der Waals surface area contributed by atoms with Crippen molar-refractivity contribution in [3.05, 3.63) is 0 Å². The van der Waals surface area contributed by atoms with Gasteiger partial charge in [-0.25, -0.2) is 0 Å². The Balaban J connectivity index is 2.35. The molecule has 0 aliphatic carbocycles. The van der Waals surface area contributed by atoms with Gasteiger partial charge in [0.2, 0.25) is 0 Å². The van der Waals surface area contributed by atoms with E-state index in [1.165, 1.54) is 6.42 Å². The van der Waals surface area contributed by atoms with Gasteiger partial charge in [-0.05, 0) is 12.3 Å². The van der Waals surface area contributed by atoms with Gasteiger partial charge in [0.1, 0.15) is 0 Å². The summed E-state index contributed by atoms with van der Waals surface area (Å²) in [6.45, 7) is 4.86. The Hall–Kier alpha value is 0.310. The van der Waals surface area contributed by atoms with E-state index in [9.17, 15) is 0 Å². The average molecular weight is 146 g/mol. The topological polar surface area (TPSA) is 20.2 Å². The molecule has 54 valence electrons. The molecular formula is C7H14OS. The average Bonchev–Trinajstić information content (AvgIpc) is 2.13. The molecule has 1 nitrogen and oxygen atoms in total. The Morgan fingerprint density at radius 3 is 2.44 bits per heavy atom. The van der Waals surface area contributed by atoms with Gasteiger partial charge < -0.3 is 5.11 Å². The maximum Gasteiger partial charge on any atom is 0.0550 e. The number of aliphatic hydroxyl groups excluding tert-OH is 1. The molecule has 1 fully saturated rings. The molecule has 1 rings (SSSR count). The summed E-state index contributed by atoms with van der Waals surface area (Å²) < 4.78 is 0. The number of rotatable bonds is 1. The third kappa shape index (κ3) is 1.62. The quantitative estimate of drug-likeness (QED) is 0.605. The van der Waals surface area contributed by atoms with Gasteiger partial charge in [0.25, 0.3) is 0 Å². The van der Waals surface area contributed by atoms with Crippen LogP contribution in [0.3, 0.4) is 0 Å². The zero-order chi connectivity index (χ0) is 6.85. The lowest BCUT2D eigenvalue weighted by molar-refractivity contribution is 0.286. The third-order valence-corrected chi connectivity index (χ3v) is 3.67. The van der Waals surface area contributed by atoms with Crippen LogP contribution in [0.1, 0.15) is 20.3 Å². The maximum absolute atomic E-state index is 8.78. The van der Waals surface area contributed by atoms with Gasteiger partial charge in [-0.1, -0.05) is 13.8 Å². The first-order valence-electron chi connectivity index (χ1n) is 3.50. The molecule has 1 aliphatic heterocycles. The van der Waals surface area contributed by atoms with Gasteiger partial charge in [0.15, 0.2) is 0 Å². The van der Waals surface area contributed by atoms with E-state index in [-0.39, 0.29) is 0 Å². The van der Waals surface area contributed by atoms with Crippen LogP contribution in [0.25, 0.3) is 0 Å². The van der Waals surface area contributed by atoms with Crippen molar-refractivity contribution in [1.29, 1.82) is 0 Å². The van der Waals surface area contributed by atoms with E-state index >= 15 is 0 Å². The molecule has 0 aromatic rings. The summed E-state index contributed by atoms with van der Waals surface area (Å²) in [5, 5.41) is 10.1. The van der Waals surface area contributed by atoms with Crippen molar-refractivity contribution in [1.82, 2.24) is 0 Å². The lowest BCUT2D eigenvalue weighted by Gasteiger charge is -2.04. The fourth-order valence-corrected chi connectivity index (χ4v) is 2.70. The molecule has 1 N–H and O–H groups in total. The van der Waals surface area contributed by atoms with Gasteiger partial charge >= 0.3 is 0 Å². The van der Waals surface area contributed by atoms with Crippen molar-refractivity contribution in [2.75, 3.05) is 6.61 Å². The van der Waals surface area contributed by atoms with Gasteiger partial charge in [0.05, 0.1) is 6.61 Å². The Morgan fingerprint density at radius 2 is 2.22 bits per heavy atom. The normalized spacial score (nSPS) is 43.7. The molecule has 1 aliphatic rings. The van der Waals surface area contributed by atoms with Crippen LogP contribution in [0, 0.1) is 5.92 Å². The molecular weight excluding hydrogens is 132 g/mol. The first-order valence-corrected chi connectivity index (χ1v) is 4.44. The van der Waals surface area contributed by atoms with E-state index in [2.05, 4.69) is 13.8 Å². The monoisotopic (exact) mass is 146 g/mol. The third-order valence-electron chi connectivity index (χ3n) is 2.05. The fraction of sp³-hybridized carbons (Fsp3) is 1.00. The highest BCUT2D eigenvalue weighted by Crippen LogP contribution is 2.37.